The number of H-pyrrole nitrogens is 1. The Morgan fingerprint density at radius 1 is 1.33 bits per heavy atom. The van der Waals surface area contributed by atoms with Crippen molar-refractivity contribution in [2.75, 3.05) is 13.2 Å². The first-order valence-electron chi connectivity index (χ1n) is 6.94. The molecule has 0 saturated carbocycles. The number of fused-ring (bicyclic) bond motifs is 1. The lowest BCUT2D eigenvalue weighted by molar-refractivity contribution is -0.144. The Labute approximate surface area is 123 Å². The maximum absolute atomic E-state index is 12.6. The van der Waals surface area contributed by atoms with E-state index >= 15 is 0 Å². The number of rotatable bonds is 5. The van der Waals surface area contributed by atoms with E-state index in [1.54, 1.807) is 6.92 Å². The summed E-state index contributed by atoms with van der Waals surface area (Å²) in [5.41, 5.74) is 1.12. The number of benzene rings is 1. The number of carbonyl (C=O) groups is 2. The van der Waals surface area contributed by atoms with Crippen molar-refractivity contribution in [2.45, 2.75) is 26.8 Å². The van der Waals surface area contributed by atoms with Crippen LogP contribution in [-0.4, -0.2) is 46.2 Å². The van der Waals surface area contributed by atoms with Crippen LogP contribution in [0.3, 0.4) is 0 Å². The van der Waals surface area contributed by atoms with Gasteiger partial charge in [0, 0.05) is 11.4 Å². The largest absolute Gasteiger partial charge is 0.465 e. The molecule has 6 nitrogen and oxygen atoms in total. The van der Waals surface area contributed by atoms with Crippen molar-refractivity contribution in [2.24, 2.45) is 0 Å². The van der Waals surface area contributed by atoms with Crippen LogP contribution in [0.5, 0.6) is 0 Å². The lowest BCUT2D eigenvalue weighted by atomic mass is 10.2. The predicted molar refractivity (Wildman–Crippen MR) is 78.9 cm³/mol. The standard InChI is InChI=1S/C15H19N3O3/c1-4-21-13(19)9-18(10(2)3)15(20)14-11-7-5-6-8-12(11)16-17-14/h5-8,10H,4,9H2,1-3H3,(H,16,17). The van der Waals surface area contributed by atoms with E-state index in [9.17, 15) is 9.59 Å². The normalized spacial score (nSPS) is 10.9. The van der Waals surface area contributed by atoms with Crippen molar-refractivity contribution >= 4 is 22.8 Å². The molecule has 0 aliphatic heterocycles. The minimum atomic E-state index is -0.417. The summed E-state index contributed by atoms with van der Waals surface area (Å²) >= 11 is 0. The Morgan fingerprint density at radius 3 is 2.71 bits per heavy atom. The van der Waals surface area contributed by atoms with E-state index in [4.69, 9.17) is 4.74 Å². The quantitative estimate of drug-likeness (QED) is 0.854. The van der Waals surface area contributed by atoms with Gasteiger partial charge in [-0.2, -0.15) is 5.10 Å². The van der Waals surface area contributed by atoms with Crippen LogP contribution in [0, 0.1) is 0 Å². The lowest BCUT2D eigenvalue weighted by Gasteiger charge is -2.24. The molecule has 0 aliphatic rings. The predicted octanol–water partition coefficient (Wildman–Crippen LogP) is 1.98. The minimum Gasteiger partial charge on any atom is -0.465 e. The van der Waals surface area contributed by atoms with Gasteiger partial charge in [0.15, 0.2) is 5.69 Å². The van der Waals surface area contributed by atoms with Crippen molar-refractivity contribution in [3.63, 3.8) is 0 Å². The number of amides is 1. The van der Waals surface area contributed by atoms with Crippen LogP contribution in [0.25, 0.3) is 10.9 Å². The van der Waals surface area contributed by atoms with Crippen molar-refractivity contribution in [3.05, 3.63) is 30.0 Å². The number of esters is 1. The molecular formula is C15H19N3O3. The van der Waals surface area contributed by atoms with E-state index in [2.05, 4.69) is 10.2 Å². The Balaban J connectivity index is 2.28. The molecule has 21 heavy (non-hydrogen) atoms. The Kier molecular flexibility index (Phi) is 4.57. The van der Waals surface area contributed by atoms with E-state index in [0.717, 1.165) is 10.9 Å². The molecule has 0 saturated heterocycles. The molecule has 0 spiro atoms. The minimum absolute atomic E-state index is 0.0779. The monoisotopic (exact) mass is 289 g/mol. The maximum Gasteiger partial charge on any atom is 0.325 e. The van der Waals surface area contributed by atoms with Crippen LogP contribution < -0.4 is 0 Å². The van der Waals surface area contributed by atoms with E-state index in [-0.39, 0.29) is 18.5 Å². The zero-order valence-corrected chi connectivity index (χ0v) is 12.4. The molecule has 1 amide bonds. The first-order valence-corrected chi connectivity index (χ1v) is 6.94. The van der Waals surface area contributed by atoms with Gasteiger partial charge in [0.1, 0.15) is 6.54 Å². The van der Waals surface area contributed by atoms with E-state index < -0.39 is 5.97 Å². The molecule has 0 bridgehead atoms. The summed E-state index contributed by atoms with van der Waals surface area (Å²) in [6.45, 7) is 5.66. The van der Waals surface area contributed by atoms with Gasteiger partial charge in [-0.3, -0.25) is 14.7 Å². The number of nitrogens with zero attached hydrogens (tertiary/aromatic N) is 2. The van der Waals surface area contributed by atoms with Gasteiger partial charge in [-0.1, -0.05) is 18.2 Å². The fraction of sp³-hybridized carbons (Fsp3) is 0.400. The average Bonchev–Trinajstić information content (AvgIpc) is 2.88. The summed E-state index contributed by atoms with van der Waals surface area (Å²) < 4.78 is 4.92. The molecule has 6 heteroatoms. The number of nitrogens with one attached hydrogen (secondary N) is 1. The van der Waals surface area contributed by atoms with Gasteiger partial charge in [0.2, 0.25) is 0 Å². The third kappa shape index (κ3) is 3.21. The molecule has 2 aromatic rings. The fourth-order valence-corrected chi connectivity index (χ4v) is 2.10. The van der Waals surface area contributed by atoms with Gasteiger partial charge >= 0.3 is 5.97 Å². The molecule has 0 atom stereocenters. The average molecular weight is 289 g/mol. The van der Waals surface area contributed by atoms with E-state index in [1.165, 1.54) is 4.90 Å². The van der Waals surface area contributed by atoms with Gasteiger partial charge < -0.3 is 9.64 Å². The lowest BCUT2D eigenvalue weighted by Crippen LogP contribution is -2.41. The number of aromatic amines is 1. The van der Waals surface area contributed by atoms with Crippen LogP contribution in [0.1, 0.15) is 31.3 Å². The molecule has 1 aromatic heterocycles. The van der Waals surface area contributed by atoms with Gasteiger partial charge in [-0.15, -0.1) is 0 Å². The zero-order chi connectivity index (χ0) is 15.4. The van der Waals surface area contributed by atoms with Crippen molar-refractivity contribution < 1.29 is 14.3 Å². The highest BCUT2D eigenvalue weighted by Gasteiger charge is 2.25. The Hall–Kier alpha value is -2.37. The van der Waals surface area contributed by atoms with Crippen molar-refractivity contribution in [1.82, 2.24) is 15.1 Å². The number of carbonyl (C=O) groups excluding carboxylic acids is 2. The second kappa shape index (κ2) is 6.39. The highest BCUT2D eigenvalue weighted by molar-refractivity contribution is 6.05. The van der Waals surface area contributed by atoms with Crippen molar-refractivity contribution in [3.8, 4) is 0 Å². The summed E-state index contributed by atoms with van der Waals surface area (Å²) in [6.07, 6.45) is 0. The molecule has 0 unspecified atom stereocenters. The number of para-hydroxylation sites is 1. The topological polar surface area (TPSA) is 75.3 Å². The summed E-state index contributed by atoms with van der Waals surface area (Å²) in [5.74, 6) is -0.699. The van der Waals surface area contributed by atoms with Crippen LogP contribution in [0.2, 0.25) is 0 Å². The maximum atomic E-state index is 12.6. The SMILES string of the molecule is CCOC(=O)CN(C(=O)c1n[nH]c2ccccc12)C(C)C. The first kappa shape index (κ1) is 15.0. The van der Waals surface area contributed by atoms with Crippen LogP contribution in [0.15, 0.2) is 24.3 Å². The Bertz CT molecular complexity index is 648. The van der Waals surface area contributed by atoms with Gasteiger partial charge in [-0.05, 0) is 26.8 Å². The van der Waals surface area contributed by atoms with Gasteiger partial charge in [0.05, 0.1) is 12.1 Å². The van der Waals surface area contributed by atoms with Crippen LogP contribution >= 0.6 is 0 Å². The number of hydrogen-bond acceptors (Lipinski definition) is 4. The fourth-order valence-electron chi connectivity index (χ4n) is 2.10. The first-order chi connectivity index (χ1) is 10.0. The Morgan fingerprint density at radius 2 is 2.05 bits per heavy atom. The smallest absolute Gasteiger partial charge is 0.325 e. The van der Waals surface area contributed by atoms with Crippen molar-refractivity contribution in [1.29, 1.82) is 0 Å². The summed E-state index contributed by atoms with van der Waals surface area (Å²) in [4.78, 5) is 25.7. The third-order valence-corrected chi connectivity index (χ3v) is 3.16. The number of hydrogen-bond donors (Lipinski definition) is 1. The molecule has 2 rings (SSSR count). The molecular weight excluding hydrogens is 270 g/mol. The second-order valence-corrected chi connectivity index (χ2v) is 4.95. The van der Waals surface area contributed by atoms with Crippen LogP contribution in [-0.2, 0) is 9.53 Å². The number of aromatic nitrogens is 2. The van der Waals surface area contributed by atoms with Crippen LogP contribution in [0.4, 0.5) is 0 Å². The highest BCUT2D eigenvalue weighted by atomic mass is 16.5. The second-order valence-electron chi connectivity index (χ2n) is 4.95. The highest BCUT2D eigenvalue weighted by Crippen LogP contribution is 2.17. The van der Waals surface area contributed by atoms with E-state index in [0.29, 0.717) is 12.3 Å². The molecule has 1 N–H and O–H groups in total. The molecule has 0 fully saturated rings. The summed E-state index contributed by atoms with van der Waals surface area (Å²) in [6, 6.07) is 7.27. The molecule has 112 valence electrons. The van der Waals surface area contributed by atoms with E-state index in [1.807, 2.05) is 38.1 Å². The molecule has 0 aliphatic carbocycles. The third-order valence-electron chi connectivity index (χ3n) is 3.16. The molecule has 1 aromatic carbocycles. The zero-order valence-electron chi connectivity index (χ0n) is 12.4. The number of ether oxygens (including phenoxy) is 1. The molecule has 0 radical (unpaired) electrons. The van der Waals surface area contributed by atoms with Gasteiger partial charge in [-0.25, -0.2) is 0 Å². The summed E-state index contributed by atoms with van der Waals surface area (Å²) in [5, 5.41) is 7.66. The molecule has 1 heterocycles. The van der Waals surface area contributed by atoms with Gasteiger partial charge in [0.25, 0.3) is 5.91 Å². The summed E-state index contributed by atoms with van der Waals surface area (Å²) in [7, 11) is 0.